The molecule has 0 aliphatic carbocycles. The molecule has 2 heterocycles. The third-order valence-corrected chi connectivity index (χ3v) is 4.04. The molecule has 1 aliphatic rings. The number of rotatable bonds is 4. The van der Waals surface area contributed by atoms with E-state index in [0.29, 0.717) is 13.1 Å². The molecule has 0 saturated carbocycles. The standard InChI is InChI=1S/C17H17N3O/c21-9-8-18-11-15-14-6-3-5-13-10-12-4-1-2-7-16(12)20(19-15)17(13)14/h1-7,18,21H,8-11H2. The lowest BCUT2D eigenvalue weighted by Crippen LogP contribution is -2.18. The highest BCUT2D eigenvalue weighted by molar-refractivity contribution is 5.88. The molecule has 2 aromatic carbocycles. The van der Waals surface area contributed by atoms with Crippen molar-refractivity contribution in [3.63, 3.8) is 0 Å². The van der Waals surface area contributed by atoms with Crippen LogP contribution >= 0.6 is 0 Å². The van der Waals surface area contributed by atoms with E-state index >= 15 is 0 Å². The summed E-state index contributed by atoms with van der Waals surface area (Å²) in [5.74, 6) is 0. The van der Waals surface area contributed by atoms with Crippen LogP contribution in [0.1, 0.15) is 16.8 Å². The fourth-order valence-electron chi connectivity index (χ4n) is 3.10. The first kappa shape index (κ1) is 12.6. The fourth-order valence-corrected chi connectivity index (χ4v) is 3.10. The molecule has 106 valence electrons. The number of nitrogens with zero attached hydrogens (tertiary/aromatic N) is 2. The summed E-state index contributed by atoms with van der Waals surface area (Å²) in [7, 11) is 0. The Kier molecular flexibility index (Phi) is 2.98. The van der Waals surface area contributed by atoms with Gasteiger partial charge >= 0.3 is 0 Å². The van der Waals surface area contributed by atoms with Crippen molar-refractivity contribution in [2.45, 2.75) is 13.0 Å². The second-order valence-corrected chi connectivity index (χ2v) is 5.38. The van der Waals surface area contributed by atoms with E-state index in [9.17, 15) is 0 Å². The van der Waals surface area contributed by atoms with Crippen molar-refractivity contribution >= 4 is 10.9 Å². The Bertz CT molecular complexity index is 807. The van der Waals surface area contributed by atoms with Gasteiger partial charge in [0.25, 0.3) is 0 Å². The number of nitrogens with one attached hydrogen (secondary N) is 1. The third kappa shape index (κ3) is 1.95. The van der Waals surface area contributed by atoms with Crippen molar-refractivity contribution in [3.05, 3.63) is 59.3 Å². The van der Waals surface area contributed by atoms with Gasteiger partial charge in [-0.05, 0) is 17.2 Å². The zero-order valence-electron chi connectivity index (χ0n) is 11.7. The van der Waals surface area contributed by atoms with Crippen LogP contribution in [0.15, 0.2) is 42.5 Å². The number of aliphatic hydroxyl groups excluding tert-OH is 1. The molecular weight excluding hydrogens is 262 g/mol. The van der Waals surface area contributed by atoms with Crippen molar-refractivity contribution in [3.8, 4) is 5.69 Å². The molecule has 1 aromatic heterocycles. The van der Waals surface area contributed by atoms with Crippen LogP contribution in [-0.2, 0) is 13.0 Å². The van der Waals surface area contributed by atoms with Crippen LogP contribution in [0, 0.1) is 0 Å². The molecule has 0 unspecified atom stereocenters. The summed E-state index contributed by atoms with van der Waals surface area (Å²) in [4.78, 5) is 0. The lowest BCUT2D eigenvalue weighted by atomic mass is 9.97. The second-order valence-electron chi connectivity index (χ2n) is 5.38. The van der Waals surface area contributed by atoms with Crippen molar-refractivity contribution in [2.24, 2.45) is 0 Å². The van der Waals surface area contributed by atoms with Gasteiger partial charge in [-0.2, -0.15) is 5.10 Å². The van der Waals surface area contributed by atoms with Crippen LogP contribution in [-0.4, -0.2) is 28.0 Å². The summed E-state index contributed by atoms with van der Waals surface area (Å²) in [6.45, 7) is 1.41. The highest BCUT2D eigenvalue weighted by Gasteiger charge is 2.21. The Balaban J connectivity index is 1.89. The Morgan fingerprint density at radius 3 is 2.86 bits per heavy atom. The molecule has 4 heteroatoms. The predicted molar refractivity (Wildman–Crippen MR) is 82.7 cm³/mol. The zero-order chi connectivity index (χ0) is 14.2. The average molecular weight is 279 g/mol. The predicted octanol–water partition coefficient (Wildman–Crippen LogP) is 2.01. The molecule has 0 saturated heterocycles. The molecule has 0 spiro atoms. The minimum absolute atomic E-state index is 0.146. The summed E-state index contributed by atoms with van der Waals surface area (Å²) < 4.78 is 2.07. The maximum atomic E-state index is 8.91. The van der Waals surface area contributed by atoms with Crippen molar-refractivity contribution in [1.82, 2.24) is 15.1 Å². The molecule has 0 bridgehead atoms. The van der Waals surface area contributed by atoms with Crippen LogP contribution in [0.4, 0.5) is 0 Å². The van der Waals surface area contributed by atoms with E-state index in [4.69, 9.17) is 10.2 Å². The molecule has 4 rings (SSSR count). The van der Waals surface area contributed by atoms with E-state index < -0.39 is 0 Å². The summed E-state index contributed by atoms with van der Waals surface area (Å²) in [5, 5.41) is 18.1. The molecule has 2 N–H and O–H groups in total. The van der Waals surface area contributed by atoms with E-state index in [0.717, 1.165) is 12.1 Å². The maximum absolute atomic E-state index is 8.91. The van der Waals surface area contributed by atoms with Crippen LogP contribution in [0.5, 0.6) is 0 Å². The SMILES string of the molecule is OCCNCc1nn2c3c(cccc13)Cc1ccccc1-2. The third-order valence-electron chi connectivity index (χ3n) is 4.04. The summed E-state index contributed by atoms with van der Waals surface area (Å²) in [6.07, 6.45) is 0.961. The lowest BCUT2D eigenvalue weighted by molar-refractivity contribution is 0.291. The van der Waals surface area contributed by atoms with E-state index in [1.807, 2.05) is 0 Å². The van der Waals surface area contributed by atoms with Crippen LogP contribution in [0.25, 0.3) is 16.6 Å². The van der Waals surface area contributed by atoms with Gasteiger partial charge in [0, 0.05) is 24.9 Å². The number of benzene rings is 2. The van der Waals surface area contributed by atoms with Gasteiger partial charge in [0.2, 0.25) is 0 Å². The van der Waals surface area contributed by atoms with Crippen molar-refractivity contribution < 1.29 is 5.11 Å². The van der Waals surface area contributed by atoms with Gasteiger partial charge in [0.05, 0.1) is 23.5 Å². The Morgan fingerprint density at radius 2 is 1.95 bits per heavy atom. The number of para-hydroxylation sites is 2. The average Bonchev–Trinajstić information content (AvgIpc) is 2.89. The van der Waals surface area contributed by atoms with Gasteiger partial charge in [-0.25, -0.2) is 4.68 Å². The van der Waals surface area contributed by atoms with Crippen LogP contribution < -0.4 is 5.32 Å². The smallest absolute Gasteiger partial charge is 0.0845 e. The first-order chi connectivity index (χ1) is 10.4. The van der Waals surface area contributed by atoms with E-state index in [1.54, 1.807) is 0 Å². The van der Waals surface area contributed by atoms with Gasteiger partial charge in [-0.15, -0.1) is 0 Å². The Labute approximate surface area is 123 Å². The molecule has 1 aliphatic heterocycles. The quantitative estimate of drug-likeness (QED) is 0.562. The summed E-state index contributed by atoms with van der Waals surface area (Å²) in [6, 6.07) is 14.9. The van der Waals surface area contributed by atoms with Crippen LogP contribution in [0.2, 0.25) is 0 Å². The summed E-state index contributed by atoms with van der Waals surface area (Å²) >= 11 is 0. The van der Waals surface area contributed by atoms with Crippen molar-refractivity contribution in [1.29, 1.82) is 0 Å². The molecular formula is C17H17N3O. The van der Waals surface area contributed by atoms with E-state index in [1.165, 1.54) is 27.7 Å². The molecule has 0 atom stereocenters. The number of aliphatic hydroxyl groups is 1. The Morgan fingerprint density at radius 1 is 1.10 bits per heavy atom. The van der Waals surface area contributed by atoms with E-state index in [-0.39, 0.29) is 6.61 Å². The number of fused-ring (bicyclic) bond motifs is 2. The van der Waals surface area contributed by atoms with Crippen molar-refractivity contribution in [2.75, 3.05) is 13.2 Å². The van der Waals surface area contributed by atoms with E-state index in [2.05, 4.69) is 52.5 Å². The highest BCUT2D eigenvalue weighted by Crippen LogP contribution is 2.33. The van der Waals surface area contributed by atoms with Crippen LogP contribution in [0.3, 0.4) is 0 Å². The first-order valence-electron chi connectivity index (χ1n) is 7.28. The normalized spacial score (nSPS) is 12.6. The highest BCUT2D eigenvalue weighted by atomic mass is 16.3. The second kappa shape index (κ2) is 4.98. The molecule has 0 amide bonds. The van der Waals surface area contributed by atoms with Gasteiger partial charge < -0.3 is 10.4 Å². The number of hydrogen-bond donors (Lipinski definition) is 2. The minimum atomic E-state index is 0.146. The molecule has 4 nitrogen and oxygen atoms in total. The molecule has 0 fully saturated rings. The minimum Gasteiger partial charge on any atom is -0.395 e. The molecule has 21 heavy (non-hydrogen) atoms. The monoisotopic (exact) mass is 279 g/mol. The number of hydrogen-bond acceptors (Lipinski definition) is 3. The maximum Gasteiger partial charge on any atom is 0.0845 e. The fraction of sp³-hybridized carbons (Fsp3) is 0.235. The molecule has 3 aromatic rings. The largest absolute Gasteiger partial charge is 0.395 e. The van der Waals surface area contributed by atoms with Gasteiger partial charge in [-0.1, -0.05) is 36.4 Å². The number of aromatic nitrogens is 2. The molecule has 0 radical (unpaired) electrons. The first-order valence-corrected chi connectivity index (χ1v) is 7.28. The van der Waals surface area contributed by atoms with Gasteiger partial charge in [-0.3, -0.25) is 0 Å². The van der Waals surface area contributed by atoms with Gasteiger partial charge in [0.1, 0.15) is 0 Å². The lowest BCUT2D eigenvalue weighted by Gasteiger charge is -2.17. The van der Waals surface area contributed by atoms with Gasteiger partial charge in [0.15, 0.2) is 0 Å². The topological polar surface area (TPSA) is 50.1 Å². The Hall–Kier alpha value is -2.17. The zero-order valence-corrected chi connectivity index (χ0v) is 11.7. The summed E-state index contributed by atoms with van der Waals surface area (Å²) in [5.41, 5.74) is 6.08.